The molecule has 2 amide bonds. The lowest BCUT2D eigenvalue weighted by Crippen LogP contribution is -2.52. The van der Waals surface area contributed by atoms with Crippen LogP contribution in [0.5, 0.6) is 0 Å². The summed E-state index contributed by atoms with van der Waals surface area (Å²) in [6.07, 6.45) is 6.96. The Labute approximate surface area is 194 Å². The van der Waals surface area contributed by atoms with Crippen LogP contribution < -0.4 is 4.90 Å². The van der Waals surface area contributed by atoms with E-state index in [4.69, 9.17) is 4.98 Å². The van der Waals surface area contributed by atoms with Gasteiger partial charge in [-0.05, 0) is 49.8 Å². The predicted octanol–water partition coefficient (Wildman–Crippen LogP) is 3.22. The molecule has 7 nitrogen and oxygen atoms in total. The fourth-order valence-electron chi connectivity index (χ4n) is 5.08. The van der Waals surface area contributed by atoms with E-state index >= 15 is 0 Å². The van der Waals surface area contributed by atoms with Gasteiger partial charge in [0.2, 0.25) is 11.8 Å². The number of halogens is 1. The second kappa shape index (κ2) is 9.45. The van der Waals surface area contributed by atoms with Crippen molar-refractivity contribution < 1.29 is 14.0 Å². The number of benzene rings is 1. The van der Waals surface area contributed by atoms with E-state index in [0.29, 0.717) is 38.9 Å². The molecule has 0 spiro atoms. The standard InChI is InChI=1S/C25H32FN5O2/c1-18(32)30-13-10-25(11-14-30,15-19-6-8-20(26)9-7-19)24(33)31-12-4-5-22(31)21-16-27-17-23(28-21)29(2)3/h6-9,16-17,22H,4-5,10-15H2,1-3H3/t22-/m0/s1. The molecule has 2 saturated heterocycles. The van der Waals surface area contributed by atoms with Gasteiger partial charge in [0.1, 0.15) is 11.6 Å². The third-order valence-electron chi connectivity index (χ3n) is 7.03. The highest BCUT2D eigenvalue weighted by Crippen LogP contribution is 2.42. The lowest BCUT2D eigenvalue weighted by Gasteiger charge is -2.43. The second-order valence-electron chi connectivity index (χ2n) is 9.44. The van der Waals surface area contributed by atoms with E-state index in [0.717, 1.165) is 29.9 Å². The minimum Gasteiger partial charge on any atom is -0.361 e. The van der Waals surface area contributed by atoms with Crippen molar-refractivity contribution in [1.29, 1.82) is 0 Å². The van der Waals surface area contributed by atoms with Crippen LogP contribution in [0.15, 0.2) is 36.7 Å². The maximum absolute atomic E-state index is 14.2. The third kappa shape index (κ3) is 4.84. The van der Waals surface area contributed by atoms with E-state index in [1.54, 1.807) is 31.5 Å². The van der Waals surface area contributed by atoms with Gasteiger partial charge in [0.05, 0.1) is 29.5 Å². The van der Waals surface area contributed by atoms with Crippen molar-refractivity contribution in [2.75, 3.05) is 38.6 Å². The maximum atomic E-state index is 14.2. The average Bonchev–Trinajstić information content (AvgIpc) is 3.30. The Morgan fingerprint density at radius 1 is 1.12 bits per heavy atom. The van der Waals surface area contributed by atoms with Crippen molar-refractivity contribution in [2.24, 2.45) is 5.41 Å². The first kappa shape index (κ1) is 23.1. The van der Waals surface area contributed by atoms with Gasteiger partial charge in [-0.25, -0.2) is 9.37 Å². The number of carbonyl (C=O) groups excluding carboxylic acids is 2. The molecule has 8 heteroatoms. The van der Waals surface area contributed by atoms with Gasteiger partial charge in [-0.1, -0.05) is 12.1 Å². The Morgan fingerprint density at radius 2 is 1.82 bits per heavy atom. The van der Waals surface area contributed by atoms with E-state index in [-0.39, 0.29) is 23.7 Å². The van der Waals surface area contributed by atoms with E-state index < -0.39 is 5.41 Å². The van der Waals surface area contributed by atoms with Gasteiger partial charge in [-0.2, -0.15) is 0 Å². The van der Waals surface area contributed by atoms with Crippen LogP contribution in [0.1, 0.15) is 49.9 Å². The van der Waals surface area contributed by atoms with Gasteiger partial charge in [-0.15, -0.1) is 0 Å². The van der Waals surface area contributed by atoms with Crippen molar-refractivity contribution >= 4 is 17.6 Å². The summed E-state index contributed by atoms with van der Waals surface area (Å²) in [6.45, 7) is 3.36. The van der Waals surface area contributed by atoms with Crippen LogP contribution in [0.3, 0.4) is 0 Å². The number of nitrogens with zero attached hydrogens (tertiary/aromatic N) is 5. The van der Waals surface area contributed by atoms with Gasteiger partial charge in [0.15, 0.2) is 0 Å². The molecule has 0 radical (unpaired) electrons. The van der Waals surface area contributed by atoms with Crippen LogP contribution in [-0.2, 0) is 16.0 Å². The number of amides is 2. The largest absolute Gasteiger partial charge is 0.361 e. The number of anilines is 1. The molecular weight excluding hydrogens is 421 g/mol. The highest BCUT2D eigenvalue weighted by atomic mass is 19.1. The summed E-state index contributed by atoms with van der Waals surface area (Å²) >= 11 is 0. The smallest absolute Gasteiger partial charge is 0.229 e. The fourth-order valence-corrected chi connectivity index (χ4v) is 5.08. The van der Waals surface area contributed by atoms with E-state index in [9.17, 15) is 14.0 Å². The fraction of sp³-hybridized carbons (Fsp3) is 0.520. The van der Waals surface area contributed by atoms with E-state index in [1.807, 2.05) is 28.8 Å². The molecule has 4 rings (SSSR count). The van der Waals surface area contributed by atoms with E-state index in [1.165, 1.54) is 12.1 Å². The molecule has 3 heterocycles. The second-order valence-corrected chi connectivity index (χ2v) is 9.44. The summed E-state index contributed by atoms with van der Waals surface area (Å²) in [6, 6.07) is 6.30. The molecule has 0 bridgehead atoms. The summed E-state index contributed by atoms with van der Waals surface area (Å²) in [4.78, 5) is 40.9. The molecular formula is C25H32FN5O2. The van der Waals surface area contributed by atoms with Gasteiger partial charge in [0, 0.05) is 40.7 Å². The minimum absolute atomic E-state index is 0.0349. The SMILES string of the molecule is CC(=O)N1CCC(Cc2ccc(F)cc2)(C(=O)N2CCC[C@H]2c2cncc(N(C)C)n2)CC1. The van der Waals surface area contributed by atoms with E-state index in [2.05, 4.69) is 4.98 Å². The summed E-state index contributed by atoms with van der Waals surface area (Å²) in [5, 5.41) is 0. The molecule has 2 aromatic rings. The molecule has 0 aliphatic carbocycles. The Bertz CT molecular complexity index is 1000. The summed E-state index contributed by atoms with van der Waals surface area (Å²) in [5.74, 6) is 0.620. The number of hydrogen-bond acceptors (Lipinski definition) is 5. The lowest BCUT2D eigenvalue weighted by molar-refractivity contribution is -0.149. The van der Waals surface area contributed by atoms with Crippen molar-refractivity contribution in [3.63, 3.8) is 0 Å². The Morgan fingerprint density at radius 3 is 2.45 bits per heavy atom. The topological polar surface area (TPSA) is 69.6 Å². The summed E-state index contributed by atoms with van der Waals surface area (Å²) in [7, 11) is 3.84. The number of carbonyl (C=O) groups is 2. The molecule has 0 unspecified atom stereocenters. The Kier molecular flexibility index (Phi) is 6.63. The van der Waals surface area contributed by atoms with Crippen LogP contribution in [0.4, 0.5) is 10.2 Å². The van der Waals surface area contributed by atoms with Crippen LogP contribution in [-0.4, -0.2) is 65.3 Å². The zero-order chi connectivity index (χ0) is 23.6. The quantitative estimate of drug-likeness (QED) is 0.695. The normalized spacial score (nSPS) is 20.1. The zero-order valence-corrected chi connectivity index (χ0v) is 19.6. The summed E-state index contributed by atoms with van der Waals surface area (Å²) < 4.78 is 13.5. The van der Waals surface area contributed by atoms with Crippen LogP contribution in [0.25, 0.3) is 0 Å². The Hall–Kier alpha value is -3.03. The third-order valence-corrected chi connectivity index (χ3v) is 7.03. The van der Waals surface area contributed by atoms with Gasteiger partial charge >= 0.3 is 0 Å². The molecule has 1 atom stereocenters. The summed E-state index contributed by atoms with van der Waals surface area (Å²) in [5.41, 5.74) is 1.12. The molecule has 2 aliphatic heterocycles. The number of aromatic nitrogens is 2. The maximum Gasteiger partial charge on any atom is 0.229 e. The van der Waals surface area contributed by atoms with Gasteiger partial charge < -0.3 is 14.7 Å². The van der Waals surface area contributed by atoms with Crippen molar-refractivity contribution in [3.8, 4) is 0 Å². The lowest BCUT2D eigenvalue weighted by atomic mass is 9.72. The first-order chi connectivity index (χ1) is 15.8. The number of hydrogen-bond donors (Lipinski definition) is 0. The number of likely N-dealkylation sites (tertiary alicyclic amines) is 2. The zero-order valence-electron chi connectivity index (χ0n) is 19.6. The highest BCUT2D eigenvalue weighted by molar-refractivity contribution is 5.84. The van der Waals surface area contributed by atoms with Crippen LogP contribution >= 0.6 is 0 Å². The monoisotopic (exact) mass is 453 g/mol. The number of piperidine rings is 1. The van der Waals surface area contributed by atoms with Gasteiger partial charge in [-0.3, -0.25) is 14.6 Å². The average molecular weight is 454 g/mol. The highest BCUT2D eigenvalue weighted by Gasteiger charge is 2.47. The molecule has 176 valence electrons. The predicted molar refractivity (Wildman–Crippen MR) is 124 cm³/mol. The van der Waals surface area contributed by atoms with Crippen LogP contribution in [0.2, 0.25) is 0 Å². The molecule has 1 aromatic heterocycles. The van der Waals surface area contributed by atoms with Crippen molar-refractivity contribution in [2.45, 2.75) is 45.1 Å². The first-order valence-electron chi connectivity index (χ1n) is 11.6. The molecule has 2 aliphatic rings. The first-order valence-corrected chi connectivity index (χ1v) is 11.6. The molecule has 0 N–H and O–H groups in total. The van der Waals surface area contributed by atoms with Crippen molar-refractivity contribution in [3.05, 3.63) is 53.7 Å². The van der Waals surface area contributed by atoms with Gasteiger partial charge in [0.25, 0.3) is 0 Å². The van der Waals surface area contributed by atoms with Crippen LogP contribution in [0, 0.1) is 11.2 Å². The van der Waals surface area contributed by atoms with Crippen molar-refractivity contribution in [1.82, 2.24) is 19.8 Å². The molecule has 33 heavy (non-hydrogen) atoms. The number of rotatable bonds is 5. The molecule has 2 fully saturated rings. The molecule has 0 saturated carbocycles. The molecule has 1 aromatic carbocycles. The Balaban J connectivity index is 1.63. The minimum atomic E-state index is -0.626.